The Morgan fingerprint density at radius 3 is 2.49 bits per heavy atom. The molecule has 0 radical (unpaired) electrons. The lowest BCUT2D eigenvalue weighted by molar-refractivity contribution is -0.125. The predicted octanol–water partition coefficient (Wildman–Crippen LogP) is 4.81. The molecule has 0 aliphatic heterocycles. The summed E-state index contributed by atoms with van der Waals surface area (Å²) >= 11 is 0. The first-order valence-corrected chi connectivity index (χ1v) is 11.5. The van der Waals surface area contributed by atoms with Crippen LogP contribution in [0.4, 0.5) is 0 Å². The molecule has 7 nitrogen and oxygen atoms in total. The van der Waals surface area contributed by atoms with Crippen molar-refractivity contribution in [3.05, 3.63) is 64.8 Å². The molecule has 0 atom stereocenters. The number of pyridine rings is 1. The van der Waals surface area contributed by atoms with E-state index in [-0.39, 0.29) is 12.5 Å². The number of aromatic nitrogens is 1. The van der Waals surface area contributed by atoms with Gasteiger partial charge in [0.05, 0.1) is 31.0 Å². The summed E-state index contributed by atoms with van der Waals surface area (Å²) in [5.74, 6) is 0.446. The van der Waals surface area contributed by atoms with Crippen LogP contribution in [0.15, 0.2) is 42.5 Å². The molecule has 2 aromatic carbocycles. The van der Waals surface area contributed by atoms with Gasteiger partial charge in [-0.1, -0.05) is 24.3 Å². The second-order valence-corrected chi connectivity index (χ2v) is 9.49. The highest BCUT2D eigenvalue weighted by atomic mass is 16.5. The maximum absolute atomic E-state index is 13.2. The number of hydrogen-bond acceptors (Lipinski definition) is 6. The Bertz CT molecular complexity index is 1320. The SMILES string of the molecule is COc1ccc(/C=C2\CCc3c2nc2ccccc2c3C(=O)OCC(=O)NC(C)(C)C)cc1OC. The molecule has 0 bridgehead atoms. The summed E-state index contributed by atoms with van der Waals surface area (Å²) in [5.41, 5.74) is 4.38. The molecule has 35 heavy (non-hydrogen) atoms. The zero-order valence-electron chi connectivity index (χ0n) is 20.7. The number of nitrogens with one attached hydrogen (secondary N) is 1. The number of carbonyl (C=O) groups is 2. The molecule has 1 N–H and O–H groups in total. The van der Waals surface area contributed by atoms with Gasteiger partial charge in [-0.25, -0.2) is 9.78 Å². The van der Waals surface area contributed by atoms with Gasteiger partial charge in [-0.15, -0.1) is 0 Å². The molecule has 1 amide bonds. The average Bonchev–Trinajstić information content (AvgIpc) is 3.21. The highest BCUT2D eigenvalue weighted by Crippen LogP contribution is 2.38. The van der Waals surface area contributed by atoms with E-state index in [1.807, 2.05) is 63.2 Å². The number of para-hydroxylation sites is 1. The van der Waals surface area contributed by atoms with Crippen LogP contribution in [0.1, 0.15) is 54.4 Å². The third-order valence-corrected chi connectivity index (χ3v) is 5.74. The standard InChI is InChI=1S/C28H30N2O5/c1-28(2,3)30-24(31)16-35-27(32)25-19-8-6-7-9-21(19)29-26-18(11-12-20(25)26)14-17-10-13-22(33-4)23(15-17)34-5/h6-10,13-15H,11-12,16H2,1-5H3,(H,30,31)/b18-14+. The van der Waals surface area contributed by atoms with E-state index in [1.54, 1.807) is 14.2 Å². The van der Waals surface area contributed by atoms with Gasteiger partial charge in [0.1, 0.15) is 0 Å². The first kappa shape index (κ1) is 24.3. The minimum atomic E-state index is -0.517. The number of fused-ring (bicyclic) bond motifs is 2. The van der Waals surface area contributed by atoms with Gasteiger partial charge in [0.25, 0.3) is 5.91 Å². The topological polar surface area (TPSA) is 86.8 Å². The molecular formula is C28H30N2O5. The number of methoxy groups -OCH3 is 2. The molecular weight excluding hydrogens is 444 g/mol. The molecule has 0 saturated heterocycles. The lowest BCUT2D eigenvalue weighted by Gasteiger charge is -2.20. The van der Waals surface area contributed by atoms with Gasteiger partial charge in [-0.3, -0.25) is 4.79 Å². The van der Waals surface area contributed by atoms with Crippen LogP contribution in [0.25, 0.3) is 22.6 Å². The molecule has 1 heterocycles. The van der Waals surface area contributed by atoms with Gasteiger partial charge in [0.15, 0.2) is 18.1 Å². The third kappa shape index (κ3) is 5.29. The van der Waals surface area contributed by atoms with Crippen molar-refractivity contribution in [1.82, 2.24) is 10.3 Å². The summed E-state index contributed by atoms with van der Waals surface area (Å²) in [5, 5.41) is 3.53. The number of ether oxygens (including phenoxy) is 3. The third-order valence-electron chi connectivity index (χ3n) is 5.74. The lowest BCUT2D eigenvalue weighted by atomic mass is 10.0. The Morgan fingerprint density at radius 2 is 1.77 bits per heavy atom. The van der Waals surface area contributed by atoms with Crippen LogP contribution >= 0.6 is 0 Å². The van der Waals surface area contributed by atoms with E-state index in [1.165, 1.54) is 0 Å². The summed E-state index contributed by atoms with van der Waals surface area (Å²) in [4.78, 5) is 30.3. The predicted molar refractivity (Wildman–Crippen MR) is 136 cm³/mol. The van der Waals surface area contributed by atoms with Crippen molar-refractivity contribution in [2.24, 2.45) is 0 Å². The molecule has 1 aliphatic rings. The Hall–Kier alpha value is -3.87. The molecule has 0 saturated carbocycles. The number of rotatable bonds is 6. The van der Waals surface area contributed by atoms with Gasteiger partial charge in [-0.2, -0.15) is 0 Å². The van der Waals surface area contributed by atoms with Crippen molar-refractivity contribution in [2.45, 2.75) is 39.2 Å². The van der Waals surface area contributed by atoms with E-state index >= 15 is 0 Å². The molecule has 0 spiro atoms. The summed E-state index contributed by atoms with van der Waals surface area (Å²) in [7, 11) is 3.21. The summed E-state index contributed by atoms with van der Waals surface area (Å²) < 4.78 is 16.2. The van der Waals surface area contributed by atoms with Crippen molar-refractivity contribution in [2.75, 3.05) is 20.8 Å². The maximum Gasteiger partial charge on any atom is 0.339 e. The monoisotopic (exact) mass is 474 g/mol. The zero-order chi connectivity index (χ0) is 25.2. The smallest absolute Gasteiger partial charge is 0.339 e. The van der Waals surface area contributed by atoms with Crippen LogP contribution in [-0.4, -0.2) is 43.2 Å². The number of allylic oxidation sites excluding steroid dienone is 1. The van der Waals surface area contributed by atoms with Crippen molar-refractivity contribution < 1.29 is 23.8 Å². The Morgan fingerprint density at radius 1 is 1.03 bits per heavy atom. The first-order valence-electron chi connectivity index (χ1n) is 11.5. The van der Waals surface area contributed by atoms with Crippen LogP contribution < -0.4 is 14.8 Å². The van der Waals surface area contributed by atoms with Crippen LogP contribution in [0, 0.1) is 0 Å². The quantitative estimate of drug-likeness (QED) is 0.516. The van der Waals surface area contributed by atoms with Crippen molar-refractivity contribution >= 4 is 34.4 Å². The summed E-state index contributed by atoms with van der Waals surface area (Å²) in [6, 6.07) is 13.2. The van der Waals surface area contributed by atoms with Gasteiger partial charge >= 0.3 is 5.97 Å². The number of benzene rings is 2. The first-order chi connectivity index (χ1) is 16.7. The highest BCUT2D eigenvalue weighted by molar-refractivity contribution is 6.07. The van der Waals surface area contributed by atoms with Gasteiger partial charge in [-0.05, 0) is 74.6 Å². The maximum atomic E-state index is 13.2. The fourth-order valence-corrected chi connectivity index (χ4v) is 4.31. The zero-order valence-corrected chi connectivity index (χ0v) is 20.7. The molecule has 4 rings (SSSR count). The molecule has 3 aromatic rings. The van der Waals surface area contributed by atoms with Gasteiger partial charge in [0.2, 0.25) is 0 Å². The normalized spacial score (nSPS) is 14.0. The largest absolute Gasteiger partial charge is 0.493 e. The Kier molecular flexibility index (Phi) is 6.78. The number of carbonyl (C=O) groups excluding carboxylic acids is 2. The second kappa shape index (κ2) is 9.78. The minimum absolute atomic E-state index is 0.337. The van der Waals surface area contributed by atoms with Crippen molar-refractivity contribution in [1.29, 1.82) is 0 Å². The Labute approximate surface area is 205 Å². The molecule has 7 heteroatoms. The van der Waals surface area contributed by atoms with Crippen LogP contribution in [0.3, 0.4) is 0 Å². The minimum Gasteiger partial charge on any atom is -0.493 e. The van der Waals surface area contributed by atoms with Crippen LogP contribution in [-0.2, 0) is 16.0 Å². The number of hydrogen-bond donors (Lipinski definition) is 1. The number of amides is 1. The Balaban J connectivity index is 1.71. The second-order valence-electron chi connectivity index (χ2n) is 9.49. The number of nitrogens with zero attached hydrogens (tertiary/aromatic N) is 1. The van der Waals surface area contributed by atoms with Crippen LogP contribution in [0.2, 0.25) is 0 Å². The van der Waals surface area contributed by atoms with Crippen molar-refractivity contribution in [3.63, 3.8) is 0 Å². The van der Waals surface area contributed by atoms with Gasteiger partial charge < -0.3 is 19.5 Å². The lowest BCUT2D eigenvalue weighted by Crippen LogP contribution is -2.42. The van der Waals surface area contributed by atoms with Crippen LogP contribution in [0.5, 0.6) is 11.5 Å². The molecule has 0 unspecified atom stereocenters. The molecule has 182 valence electrons. The fraction of sp³-hybridized carbons (Fsp3) is 0.321. The van der Waals surface area contributed by atoms with E-state index in [0.717, 1.165) is 34.2 Å². The highest BCUT2D eigenvalue weighted by Gasteiger charge is 2.28. The molecule has 0 fully saturated rings. The summed E-state index contributed by atoms with van der Waals surface area (Å²) in [6.45, 7) is 5.29. The average molecular weight is 475 g/mol. The number of esters is 1. The fourth-order valence-electron chi connectivity index (χ4n) is 4.31. The van der Waals surface area contributed by atoms with E-state index in [0.29, 0.717) is 29.0 Å². The molecule has 1 aliphatic carbocycles. The van der Waals surface area contributed by atoms with E-state index in [4.69, 9.17) is 19.2 Å². The van der Waals surface area contributed by atoms with Gasteiger partial charge in [0, 0.05) is 10.9 Å². The van der Waals surface area contributed by atoms with Crippen molar-refractivity contribution in [3.8, 4) is 11.5 Å². The van der Waals surface area contributed by atoms with E-state index in [2.05, 4.69) is 11.4 Å². The van der Waals surface area contributed by atoms with E-state index < -0.39 is 11.5 Å². The van der Waals surface area contributed by atoms with E-state index in [9.17, 15) is 9.59 Å². The molecule has 1 aromatic heterocycles. The summed E-state index contributed by atoms with van der Waals surface area (Å²) in [6.07, 6.45) is 3.45.